The van der Waals surface area contributed by atoms with Crippen molar-refractivity contribution >= 4 is 5.91 Å². The molecule has 0 aliphatic carbocycles. The van der Waals surface area contributed by atoms with Gasteiger partial charge in [0.1, 0.15) is 0 Å². The third kappa shape index (κ3) is 4.48. The summed E-state index contributed by atoms with van der Waals surface area (Å²) in [5, 5.41) is 18.2. The maximum Gasteiger partial charge on any atom is 0.239 e. The lowest BCUT2D eigenvalue weighted by molar-refractivity contribution is -0.136. The van der Waals surface area contributed by atoms with Gasteiger partial charge in [0.15, 0.2) is 0 Å². The van der Waals surface area contributed by atoms with Crippen LogP contribution in [0.2, 0.25) is 0 Å². The van der Waals surface area contributed by atoms with Crippen LogP contribution in [0.4, 0.5) is 0 Å². The second-order valence-corrected chi connectivity index (χ2v) is 5.48. The van der Waals surface area contributed by atoms with Crippen molar-refractivity contribution in [2.45, 2.75) is 45.3 Å². The molecule has 5 nitrogen and oxygen atoms in total. The van der Waals surface area contributed by atoms with Gasteiger partial charge in [0.05, 0.1) is 24.6 Å². The van der Waals surface area contributed by atoms with Gasteiger partial charge in [-0.15, -0.1) is 0 Å². The maximum atomic E-state index is 12.2. The predicted molar refractivity (Wildman–Crippen MR) is 73.3 cm³/mol. The molecule has 0 bridgehead atoms. The highest BCUT2D eigenvalue weighted by molar-refractivity contribution is 5.81. The number of amides is 1. The number of nitrogens with zero attached hydrogens (tertiary/aromatic N) is 3. The van der Waals surface area contributed by atoms with E-state index in [1.54, 1.807) is 11.9 Å². The van der Waals surface area contributed by atoms with Crippen LogP contribution in [0.25, 0.3) is 0 Å². The van der Waals surface area contributed by atoms with Crippen molar-refractivity contribution in [3.05, 3.63) is 0 Å². The van der Waals surface area contributed by atoms with Crippen LogP contribution >= 0.6 is 0 Å². The van der Waals surface area contributed by atoms with Crippen molar-refractivity contribution < 1.29 is 9.90 Å². The summed E-state index contributed by atoms with van der Waals surface area (Å²) in [7, 11) is 1.74. The van der Waals surface area contributed by atoms with E-state index in [1.165, 1.54) is 0 Å². The molecular formula is C14H25N3O2. The van der Waals surface area contributed by atoms with E-state index in [0.29, 0.717) is 13.0 Å². The van der Waals surface area contributed by atoms with Crippen molar-refractivity contribution in [2.75, 3.05) is 26.7 Å². The molecule has 1 N–H and O–H groups in total. The van der Waals surface area contributed by atoms with E-state index in [2.05, 4.69) is 11.0 Å². The minimum atomic E-state index is -0.318. The normalized spacial score (nSPS) is 23.4. The number of nitriles is 1. The zero-order chi connectivity index (χ0) is 14.4. The number of carbonyl (C=O) groups excluding carboxylic acids is 1. The van der Waals surface area contributed by atoms with Crippen LogP contribution in [-0.2, 0) is 4.79 Å². The summed E-state index contributed by atoms with van der Waals surface area (Å²) < 4.78 is 0. The Morgan fingerprint density at radius 2 is 2.26 bits per heavy atom. The average molecular weight is 267 g/mol. The number of piperidine rings is 1. The van der Waals surface area contributed by atoms with E-state index >= 15 is 0 Å². The molecule has 0 spiro atoms. The second kappa shape index (κ2) is 7.46. The standard InChI is InChI=1S/C14H25N3O2/c1-11(14(19)16(3)8-5-7-15)17-9-4-6-13(10-17)12(2)18/h11-13,18H,4-6,8-10H2,1-3H3. The maximum absolute atomic E-state index is 12.2. The van der Waals surface area contributed by atoms with E-state index in [0.717, 1.165) is 25.9 Å². The second-order valence-electron chi connectivity index (χ2n) is 5.48. The first-order valence-corrected chi connectivity index (χ1v) is 7.01. The Morgan fingerprint density at radius 1 is 1.58 bits per heavy atom. The van der Waals surface area contributed by atoms with Gasteiger partial charge in [-0.05, 0) is 39.2 Å². The van der Waals surface area contributed by atoms with Crippen molar-refractivity contribution in [3.8, 4) is 6.07 Å². The lowest BCUT2D eigenvalue weighted by Gasteiger charge is -2.38. The first kappa shape index (κ1) is 15.9. The fraction of sp³-hybridized carbons (Fsp3) is 0.857. The molecule has 108 valence electrons. The Morgan fingerprint density at radius 3 is 2.84 bits per heavy atom. The molecule has 1 heterocycles. The van der Waals surface area contributed by atoms with Crippen LogP contribution in [-0.4, -0.2) is 59.6 Å². The van der Waals surface area contributed by atoms with E-state index in [1.807, 2.05) is 13.8 Å². The average Bonchev–Trinajstić information content (AvgIpc) is 2.43. The van der Waals surface area contributed by atoms with Crippen molar-refractivity contribution in [1.82, 2.24) is 9.80 Å². The summed E-state index contributed by atoms with van der Waals surface area (Å²) in [5.74, 6) is 0.315. The molecule has 3 unspecified atom stereocenters. The Kier molecular flexibility index (Phi) is 6.26. The third-order valence-corrected chi connectivity index (χ3v) is 4.01. The molecule has 1 aliphatic rings. The van der Waals surface area contributed by atoms with Gasteiger partial charge in [0, 0.05) is 20.1 Å². The summed E-state index contributed by atoms with van der Waals surface area (Å²) in [6.07, 6.45) is 2.10. The molecule has 0 aromatic heterocycles. The predicted octanol–water partition coefficient (Wildman–Crippen LogP) is 0.840. The molecule has 0 aromatic rings. The molecule has 1 amide bonds. The SMILES string of the molecule is CC(O)C1CCCN(C(C)C(=O)N(C)CCC#N)C1. The summed E-state index contributed by atoms with van der Waals surface area (Å²) in [4.78, 5) is 16.0. The highest BCUT2D eigenvalue weighted by atomic mass is 16.3. The van der Waals surface area contributed by atoms with Gasteiger partial charge >= 0.3 is 0 Å². The Balaban J connectivity index is 2.54. The topological polar surface area (TPSA) is 67.6 Å². The molecule has 1 saturated heterocycles. The van der Waals surface area contributed by atoms with E-state index in [4.69, 9.17) is 5.26 Å². The van der Waals surface area contributed by atoms with Gasteiger partial charge in [-0.1, -0.05) is 0 Å². The van der Waals surface area contributed by atoms with Crippen LogP contribution in [0.5, 0.6) is 0 Å². The molecular weight excluding hydrogens is 242 g/mol. The first-order valence-electron chi connectivity index (χ1n) is 7.01. The van der Waals surface area contributed by atoms with Gasteiger partial charge in [0.25, 0.3) is 0 Å². The molecule has 1 aliphatic heterocycles. The van der Waals surface area contributed by atoms with E-state index in [-0.39, 0.29) is 24.0 Å². The molecule has 1 fully saturated rings. The summed E-state index contributed by atoms with van der Waals surface area (Å²) in [6, 6.07) is 1.88. The number of likely N-dealkylation sites (N-methyl/N-ethyl adjacent to an activating group) is 1. The quantitative estimate of drug-likeness (QED) is 0.801. The van der Waals surface area contributed by atoms with Crippen LogP contribution in [0.3, 0.4) is 0 Å². The molecule has 1 rings (SSSR count). The summed E-state index contributed by atoms with van der Waals surface area (Å²) >= 11 is 0. The van der Waals surface area contributed by atoms with Gasteiger partial charge in [-0.2, -0.15) is 5.26 Å². The largest absolute Gasteiger partial charge is 0.393 e. The Hall–Kier alpha value is -1.12. The van der Waals surface area contributed by atoms with E-state index in [9.17, 15) is 9.90 Å². The summed E-state index contributed by atoms with van der Waals surface area (Å²) in [6.45, 7) is 5.89. The zero-order valence-corrected chi connectivity index (χ0v) is 12.2. The Bertz CT molecular complexity index is 338. The highest BCUT2D eigenvalue weighted by Crippen LogP contribution is 2.21. The number of rotatable bonds is 5. The highest BCUT2D eigenvalue weighted by Gasteiger charge is 2.30. The monoisotopic (exact) mass is 267 g/mol. The molecule has 0 radical (unpaired) electrons. The van der Waals surface area contributed by atoms with Crippen LogP contribution < -0.4 is 0 Å². The number of likely N-dealkylation sites (tertiary alicyclic amines) is 1. The summed E-state index contributed by atoms with van der Waals surface area (Å²) in [5.41, 5.74) is 0. The van der Waals surface area contributed by atoms with Crippen LogP contribution in [0, 0.1) is 17.2 Å². The van der Waals surface area contributed by atoms with Gasteiger partial charge < -0.3 is 10.0 Å². The van der Waals surface area contributed by atoms with Crippen molar-refractivity contribution in [1.29, 1.82) is 5.26 Å². The Labute approximate surface area is 115 Å². The minimum absolute atomic E-state index is 0.0569. The fourth-order valence-corrected chi connectivity index (χ4v) is 2.59. The minimum Gasteiger partial charge on any atom is -0.393 e. The molecule has 19 heavy (non-hydrogen) atoms. The number of aliphatic hydroxyl groups is 1. The van der Waals surface area contributed by atoms with Gasteiger partial charge in [0.2, 0.25) is 5.91 Å². The lowest BCUT2D eigenvalue weighted by atomic mass is 9.92. The number of aliphatic hydroxyl groups excluding tert-OH is 1. The zero-order valence-electron chi connectivity index (χ0n) is 12.2. The molecule has 5 heteroatoms. The van der Waals surface area contributed by atoms with Gasteiger partial charge in [-0.3, -0.25) is 9.69 Å². The molecule has 0 saturated carbocycles. The fourth-order valence-electron chi connectivity index (χ4n) is 2.59. The van der Waals surface area contributed by atoms with Crippen LogP contribution in [0.1, 0.15) is 33.1 Å². The molecule has 3 atom stereocenters. The van der Waals surface area contributed by atoms with Crippen LogP contribution in [0.15, 0.2) is 0 Å². The smallest absolute Gasteiger partial charge is 0.239 e. The van der Waals surface area contributed by atoms with Gasteiger partial charge in [-0.25, -0.2) is 0 Å². The van der Waals surface area contributed by atoms with Crippen molar-refractivity contribution in [3.63, 3.8) is 0 Å². The first-order chi connectivity index (χ1) is 8.97. The molecule has 0 aromatic carbocycles. The number of hydrogen-bond donors (Lipinski definition) is 1. The van der Waals surface area contributed by atoms with Crippen molar-refractivity contribution in [2.24, 2.45) is 5.92 Å². The number of carbonyl (C=O) groups is 1. The third-order valence-electron chi connectivity index (χ3n) is 4.01. The number of hydrogen-bond acceptors (Lipinski definition) is 4. The van der Waals surface area contributed by atoms with E-state index < -0.39 is 0 Å². The lowest BCUT2D eigenvalue weighted by Crippen LogP contribution is -2.50.